The maximum Gasteiger partial charge on any atom is 0.293 e. The molecule has 8 heteroatoms. The Labute approximate surface area is 166 Å². The third kappa shape index (κ3) is 5.68. The number of carbonyl (C=O) groups excluding carboxylic acids is 2. The molecule has 0 bridgehead atoms. The molecule has 1 aromatic carbocycles. The van der Waals surface area contributed by atoms with E-state index in [0.29, 0.717) is 37.8 Å². The van der Waals surface area contributed by atoms with Crippen molar-refractivity contribution < 1.29 is 14.5 Å². The molecule has 1 heterocycles. The second kappa shape index (κ2) is 9.52. The molecule has 28 heavy (non-hydrogen) atoms. The van der Waals surface area contributed by atoms with Crippen LogP contribution < -0.4 is 10.2 Å². The Hall–Kier alpha value is -2.64. The monoisotopic (exact) mass is 390 g/mol. The quantitative estimate of drug-likeness (QED) is 0.570. The van der Waals surface area contributed by atoms with Gasteiger partial charge in [0.2, 0.25) is 5.91 Å². The molecule has 1 aliphatic rings. The zero-order chi connectivity index (χ0) is 20.8. The highest BCUT2D eigenvalue weighted by Gasteiger charge is 2.26. The third-order valence-electron chi connectivity index (χ3n) is 5.05. The maximum absolute atomic E-state index is 12.5. The predicted molar refractivity (Wildman–Crippen MR) is 109 cm³/mol. The lowest BCUT2D eigenvalue weighted by Crippen LogP contribution is -2.48. The number of rotatable bonds is 7. The van der Waals surface area contributed by atoms with E-state index >= 15 is 0 Å². The van der Waals surface area contributed by atoms with Crippen LogP contribution >= 0.6 is 0 Å². The Bertz CT molecular complexity index is 727. The number of hydrogen-bond donors (Lipinski definition) is 1. The molecule has 0 aromatic heterocycles. The van der Waals surface area contributed by atoms with Gasteiger partial charge in [-0.25, -0.2) is 0 Å². The lowest BCUT2D eigenvalue weighted by Gasteiger charge is -2.35. The van der Waals surface area contributed by atoms with Gasteiger partial charge in [-0.2, -0.15) is 0 Å². The van der Waals surface area contributed by atoms with E-state index < -0.39 is 4.92 Å². The van der Waals surface area contributed by atoms with E-state index in [1.165, 1.54) is 13.0 Å². The van der Waals surface area contributed by atoms with Crippen LogP contribution in [0.3, 0.4) is 0 Å². The summed E-state index contributed by atoms with van der Waals surface area (Å²) in [4.78, 5) is 38.7. The number of carbonyl (C=O) groups is 2. The molecule has 1 fully saturated rings. The number of benzene rings is 1. The Kier molecular flexibility index (Phi) is 7.37. The van der Waals surface area contributed by atoms with E-state index in [1.54, 1.807) is 17.0 Å². The van der Waals surface area contributed by atoms with Gasteiger partial charge in [-0.3, -0.25) is 19.7 Å². The summed E-state index contributed by atoms with van der Waals surface area (Å²) in [6.07, 6.45) is 1.87. The van der Waals surface area contributed by atoms with Crippen molar-refractivity contribution in [2.24, 2.45) is 5.92 Å². The molecule has 1 saturated heterocycles. The first kappa shape index (κ1) is 21.7. The first-order chi connectivity index (χ1) is 13.2. The number of piperazine rings is 1. The smallest absolute Gasteiger partial charge is 0.293 e. The Morgan fingerprint density at radius 2 is 1.79 bits per heavy atom. The van der Waals surface area contributed by atoms with Gasteiger partial charge in [0.15, 0.2) is 0 Å². The van der Waals surface area contributed by atoms with Gasteiger partial charge in [0.05, 0.1) is 4.92 Å². The molecule has 0 aliphatic carbocycles. The normalized spacial score (nSPS) is 15.5. The minimum absolute atomic E-state index is 0.00718. The van der Waals surface area contributed by atoms with E-state index in [-0.39, 0.29) is 29.1 Å². The SMILES string of the molecule is CC(=O)N1CCN(c2ccc(C(=O)NC(C)CCC(C)C)cc2[N+](=O)[O-])CC1. The second-order valence-electron chi connectivity index (χ2n) is 7.80. The number of nitrogens with zero attached hydrogens (tertiary/aromatic N) is 3. The lowest BCUT2D eigenvalue weighted by atomic mass is 10.0. The fraction of sp³-hybridized carbons (Fsp3) is 0.600. The van der Waals surface area contributed by atoms with Crippen molar-refractivity contribution in [3.8, 4) is 0 Å². The van der Waals surface area contributed by atoms with Crippen LogP contribution in [-0.2, 0) is 4.79 Å². The van der Waals surface area contributed by atoms with Crippen molar-refractivity contribution in [1.29, 1.82) is 0 Å². The van der Waals surface area contributed by atoms with Crippen LogP contribution in [0.1, 0.15) is 50.9 Å². The van der Waals surface area contributed by atoms with Crippen LogP contribution in [0.4, 0.5) is 11.4 Å². The van der Waals surface area contributed by atoms with Gasteiger partial charge in [0.1, 0.15) is 5.69 Å². The number of nitro benzene ring substituents is 1. The summed E-state index contributed by atoms with van der Waals surface area (Å²) in [5.74, 6) is 0.267. The zero-order valence-electron chi connectivity index (χ0n) is 17.1. The first-order valence-corrected chi connectivity index (χ1v) is 9.78. The standard InChI is InChI=1S/C20H30N4O4/c1-14(2)5-6-15(3)21-20(26)17-7-8-18(19(13-17)24(27)28)23-11-9-22(10-12-23)16(4)25/h7-8,13-15H,5-6,9-12H2,1-4H3,(H,21,26). The highest BCUT2D eigenvalue weighted by Crippen LogP contribution is 2.30. The van der Waals surface area contributed by atoms with Crippen molar-refractivity contribution in [1.82, 2.24) is 10.2 Å². The minimum Gasteiger partial charge on any atom is -0.362 e. The zero-order valence-corrected chi connectivity index (χ0v) is 17.1. The fourth-order valence-electron chi connectivity index (χ4n) is 3.30. The lowest BCUT2D eigenvalue weighted by molar-refractivity contribution is -0.384. The number of nitro groups is 1. The summed E-state index contributed by atoms with van der Waals surface area (Å²) in [6.45, 7) is 9.84. The van der Waals surface area contributed by atoms with Crippen LogP contribution in [0.15, 0.2) is 18.2 Å². The average Bonchev–Trinajstić information content (AvgIpc) is 2.65. The van der Waals surface area contributed by atoms with Gasteiger partial charge in [-0.15, -0.1) is 0 Å². The molecular formula is C20H30N4O4. The molecule has 1 aromatic rings. The van der Waals surface area contributed by atoms with Gasteiger partial charge in [0, 0.05) is 50.8 Å². The predicted octanol–water partition coefficient (Wildman–Crippen LogP) is 2.82. The summed E-state index contributed by atoms with van der Waals surface area (Å²) in [6, 6.07) is 4.62. The van der Waals surface area contributed by atoms with E-state index in [0.717, 1.165) is 12.8 Å². The number of nitrogens with one attached hydrogen (secondary N) is 1. The molecule has 2 rings (SSSR count). The largest absolute Gasteiger partial charge is 0.362 e. The fourth-order valence-corrected chi connectivity index (χ4v) is 3.30. The van der Waals surface area contributed by atoms with Crippen LogP contribution in [0.2, 0.25) is 0 Å². The molecule has 1 N–H and O–H groups in total. The van der Waals surface area contributed by atoms with Crippen molar-refractivity contribution in [3.63, 3.8) is 0 Å². The summed E-state index contributed by atoms with van der Waals surface area (Å²) in [5.41, 5.74) is 0.686. The van der Waals surface area contributed by atoms with E-state index in [9.17, 15) is 19.7 Å². The Morgan fingerprint density at radius 1 is 1.14 bits per heavy atom. The van der Waals surface area contributed by atoms with Gasteiger partial charge < -0.3 is 15.1 Å². The molecule has 1 aliphatic heterocycles. The summed E-state index contributed by atoms with van der Waals surface area (Å²) in [5, 5.41) is 14.5. The van der Waals surface area contributed by atoms with Gasteiger partial charge in [0.25, 0.3) is 11.6 Å². The summed E-state index contributed by atoms with van der Waals surface area (Å²) >= 11 is 0. The van der Waals surface area contributed by atoms with Crippen molar-refractivity contribution in [2.45, 2.75) is 46.6 Å². The van der Waals surface area contributed by atoms with Crippen molar-refractivity contribution in [3.05, 3.63) is 33.9 Å². The summed E-state index contributed by atoms with van der Waals surface area (Å²) < 4.78 is 0. The highest BCUT2D eigenvalue weighted by atomic mass is 16.6. The Morgan fingerprint density at radius 3 is 2.32 bits per heavy atom. The second-order valence-corrected chi connectivity index (χ2v) is 7.80. The topological polar surface area (TPSA) is 95.8 Å². The molecule has 0 spiro atoms. The Balaban J connectivity index is 2.11. The van der Waals surface area contributed by atoms with Crippen molar-refractivity contribution in [2.75, 3.05) is 31.1 Å². The summed E-state index contributed by atoms with van der Waals surface area (Å²) in [7, 11) is 0. The number of amides is 2. The molecule has 2 amide bonds. The third-order valence-corrected chi connectivity index (χ3v) is 5.05. The van der Waals surface area contributed by atoms with E-state index in [1.807, 2.05) is 11.8 Å². The van der Waals surface area contributed by atoms with Gasteiger partial charge in [-0.1, -0.05) is 13.8 Å². The molecule has 0 saturated carbocycles. The molecule has 154 valence electrons. The molecule has 1 unspecified atom stereocenters. The average molecular weight is 390 g/mol. The molecule has 1 atom stereocenters. The number of hydrogen-bond acceptors (Lipinski definition) is 5. The van der Waals surface area contributed by atoms with Crippen LogP contribution in [-0.4, -0.2) is 53.9 Å². The number of anilines is 1. The molecule has 0 radical (unpaired) electrons. The van der Waals surface area contributed by atoms with Crippen LogP contribution in [0.5, 0.6) is 0 Å². The van der Waals surface area contributed by atoms with E-state index in [2.05, 4.69) is 19.2 Å². The molecule has 8 nitrogen and oxygen atoms in total. The van der Waals surface area contributed by atoms with Crippen LogP contribution in [0.25, 0.3) is 0 Å². The molecular weight excluding hydrogens is 360 g/mol. The van der Waals surface area contributed by atoms with E-state index in [4.69, 9.17) is 0 Å². The maximum atomic E-state index is 12.5. The first-order valence-electron chi connectivity index (χ1n) is 9.78. The van der Waals surface area contributed by atoms with Crippen molar-refractivity contribution >= 4 is 23.2 Å². The minimum atomic E-state index is -0.453. The highest BCUT2D eigenvalue weighted by molar-refractivity contribution is 5.96. The van der Waals surface area contributed by atoms with Crippen LogP contribution in [0, 0.1) is 16.0 Å². The van der Waals surface area contributed by atoms with Gasteiger partial charge in [-0.05, 0) is 37.8 Å². The van der Waals surface area contributed by atoms with Gasteiger partial charge >= 0.3 is 0 Å².